The molecule has 0 aromatic carbocycles. The van der Waals surface area contributed by atoms with E-state index in [1.54, 1.807) is 24.0 Å². The molecule has 2 heterocycles. The molecule has 1 aliphatic heterocycles. The van der Waals surface area contributed by atoms with Gasteiger partial charge in [-0.15, -0.1) is 0 Å². The van der Waals surface area contributed by atoms with Crippen molar-refractivity contribution in [1.29, 1.82) is 0 Å². The van der Waals surface area contributed by atoms with Gasteiger partial charge in [0.05, 0.1) is 0 Å². The Balaban J connectivity index is 1.62. The number of aryl methyl sites for hydroxylation is 1. The second-order valence-corrected chi connectivity index (χ2v) is 7.47. The van der Waals surface area contributed by atoms with E-state index < -0.39 is 0 Å². The molecule has 1 fully saturated rings. The molecule has 0 amide bonds. The van der Waals surface area contributed by atoms with Crippen LogP contribution in [0.1, 0.15) is 39.5 Å². The van der Waals surface area contributed by atoms with Gasteiger partial charge < -0.3 is 14.8 Å². The van der Waals surface area contributed by atoms with Crippen LogP contribution in [0.3, 0.4) is 0 Å². The van der Waals surface area contributed by atoms with Crippen molar-refractivity contribution in [1.82, 2.24) is 14.9 Å². The Morgan fingerprint density at radius 2 is 2.21 bits per heavy atom. The van der Waals surface area contributed by atoms with E-state index in [4.69, 9.17) is 0 Å². The van der Waals surface area contributed by atoms with Gasteiger partial charge in [0, 0.05) is 45.1 Å². The summed E-state index contributed by atoms with van der Waals surface area (Å²) in [5.41, 5.74) is 1.53. The number of allylic oxidation sites excluding steroid dienone is 1. The van der Waals surface area contributed by atoms with Crippen LogP contribution in [0, 0.1) is 11.8 Å². The number of nitrogens with one attached hydrogen (secondary N) is 1. The lowest BCUT2D eigenvalue weighted by Crippen LogP contribution is -2.49. The second-order valence-electron chi connectivity index (χ2n) is 7.47. The second kappa shape index (κ2) is 7.51. The van der Waals surface area contributed by atoms with Gasteiger partial charge in [-0.1, -0.05) is 18.6 Å². The first-order valence-electron chi connectivity index (χ1n) is 9.23. The molecule has 1 N–H and O–H groups in total. The van der Waals surface area contributed by atoms with Crippen LogP contribution in [0.4, 0.5) is 5.82 Å². The van der Waals surface area contributed by atoms with Crippen molar-refractivity contribution in [2.24, 2.45) is 18.9 Å². The Morgan fingerprint density at radius 3 is 3.00 bits per heavy atom. The summed E-state index contributed by atoms with van der Waals surface area (Å²) < 4.78 is 1.61. The zero-order chi connectivity index (χ0) is 17.1. The predicted octanol–water partition coefficient (Wildman–Crippen LogP) is 2.33. The van der Waals surface area contributed by atoms with Crippen LogP contribution < -0.4 is 15.8 Å². The lowest BCUT2D eigenvalue weighted by atomic mass is 9.80. The summed E-state index contributed by atoms with van der Waals surface area (Å²) in [6.07, 6.45) is 10.6. The van der Waals surface area contributed by atoms with E-state index in [0.29, 0.717) is 17.8 Å². The predicted molar refractivity (Wildman–Crippen MR) is 98.4 cm³/mol. The monoisotopic (exact) mass is 330 g/mol. The quantitative estimate of drug-likeness (QED) is 0.861. The highest BCUT2D eigenvalue weighted by atomic mass is 16.1. The highest BCUT2D eigenvalue weighted by Crippen LogP contribution is 2.29. The Bertz CT molecular complexity index is 651. The summed E-state index contributed by atoms with van der Waals surface area (Å²) in [5.74, 6) is 2.00. The smallest absolute Gasteiger partial charge is 0.293 e. The van der Waals surface area contributed by atoms with E-state index in [0.717, 1.165) is 32.0 Å². The topological polar surface area (TPSA) is 50.2 Å². The standard InChI is InChI=1S/C19H30N4O/c1-14-6-4-7-15(2)17(14)12-21-16-8-5-10-23(13-16)18-19(24)22(3)11-9-20-18/h6,9,11,15-17,21H,4-5,7-8,10,12-13H2,1-3H3/t15-,16-,17+/m0/s1. The van der Waals surface area contributed by atoms with Gasteiger partial charge in [0.1, 0.15) is 0 Å². The molecule has 0 bridgehead atoms. The lowest BCUT2D eigenvalue weighted by molar-refractivity contribution is 0.320. The normalized spacial score (nSPS) is 27.9. The Morgan fingerprint density at radius 1 is 1.38 bits per heavy atom. The Kier molecular flexibility index (Phi) is 5.39. The van der Waals surface area contributed by atoms with E-state index in [1.165, 1.54) is 24.8 Å². The maximum atomic E-state index is 12.3. The number of aromatic nitrogens is 2. The molecule has 0 saturated carbocycles. The maximum absolute atomic E-state index is 12.3. The summed E-state index contributed by atoms with van der Waals surface area (Å²) in [4.78, 5) is 18.8. The minimum Gasteiger partial charge on any atom is -0.350 e. The van der Waals surface area contributed by atoms with Crippen LogP contribution >= 0.6 is 0 Å². The zero-order valence-electron chi connectivity index (χ0n) is 15.2. The molecule has 3 atom stereocenters. The number of rotatable bonds is 4. The molecule has 5 heteroatoms. The van der Waals surface area contributed by atoms with E-state index in [9.17, 15) is 4.79 Å². The van der Waals surface area contributed by atoms with Gasteiger partial charge in [-0.25, -0.2) is 4.98 Å². The van der Waals surface area contributed by atoms with Crippen molar-refractivity contribution in [3.05, 3.63) is 34.4 Å². The summed E-state index contributed by atoms with van der Waals surface area (Å²) in [5, 5.41) is 3.77. The van der Waals surface area contributed by atoms with Crippen molar-refractivity contribution < 1.29 is 0 Å². The maximum Gasteiger partial charge on any atom is 0.293 e. The summed E-state index contributed by atoms with van der Waals surface area (Å²) in [6.45, 7) is 7.47. The number of anilines is 1. The first-order chi connectivity index (χ1) is 11.6. The molecule has 2 aliphatic rings. The largest absolute Gasteiger partial charge is 0.350 e. The lowest BCUT2D eigenvalue weighted by Gasteiger charge is -2.36. The first kappa shape index (κ1) is 17.2. The molecule has 0 radical (unpaired) electrons. The van der Waals surface area contributed by atoms with E-state index in [-0.39, 0.29) is 5.56 Å². The van der Waals surface area contributed by atoms with Crippen LogP contribution in [-0.2, 0) is 7.05 Å². The van der Waals surface area contributed by atoms with Gasteiger partial charge in [0.2, 0.25) is 0 Å². The van der Waals surface area contributed by atoms with Crippen molar-refractivity contribution in [2.45, 2.75) is 45.6 Å². The third-order valence-corrected chi connectivity index (χ3v) is 5.71. The van der Waals surface area contributed by atoms with Crippen molar-refractivity contribution in [3.8, 4) is 0 Å². The molecule has 24 heavy (non-hydrogen) atoms. The van der Waals surface area contributed by atoms with Crippen LogP contribution in [0.15, 0.2) is 28.8 Å². The van der Waals surface area contributed by atoms with Crippen LogP contribution in [-0.4, -0.2) is 35.2 Å². The SMILES string of the molecule is CC1=CCC[C@H](C)[C@@H]1CN[C@H]1CCCN(c2nccn(C)c2=O)C1. The fourth-order valence-corrected chi connectivity index (χ4v) is 4.07. The molecule has 1 aromatic rings. The first-order valence-corrected chi connectivity index (χ1v) is 9.23. The fourth-order valence-electron chi connectivity index (χ4n) is 4.07. The van der Waals surface area contributed by atoms with Gasteiger partial charge in [-0.2, -0.15) is 0 Å². The van der Waals surface area contributed by atoms with E-state index >= 15 is 0 Å². The van der Waals surface area contributed by atoms with Gasteiger partial charge in [0.25, 0.3) is 5.56 Å². The molecule has 3 rings (SSSR count). The third kappa shape index (κ3) is 3.72. The summed E-state index contributed by atoms with van der Waals surface area (Å²) in [6, 6.07) is 0.437. The van der Waals surface area contributed by atoms with Crippen LogP contribution in [0.5, 0.6) is 0 Å². The summed E-state index contributed by atoms with van der Waals surface area (Å²) >= 11 is 0. The number of hydrogen-bond donors (Lipinski definition) is 1. The van der Waals surface area contributed by atoms with E-state index in [2.05, 4.69) is 35.1 Å². The fraction of sp³-hybridized carbons (Fsp3) is 0.684. The number of piperidine rings is 1. The zero-order valence-corrected chi connectivity index (χ0v) is 15.2. The molecular formula is C19H30N4O. The molecule has 0 unspecified atom stereocenters. The Labute approximate surface area is 144 Å². The molecule has 132 valence electrons. The minimum absolute atomic E-state index is 0.00201. The number of nitrogens with zero attached hydrogens (tertiary/aromatic N) is 3. The minimum atomic E-state index is -0.00201. The molecule has 1 aromatic heterocycles. The van der Waals surface area contributed by atoms with Gasteiger partial charge >= 0.3 is 0 Å². The van der Waals surface area contributed by atoms with Gasteiger partial charge in [0.15, 0.2) is 5.82 Å². The molecule has 0 spiro atoms. The van der Waals surface area contributed by atoms with Crippen LogP contribution in [0.2, 0.25) is 0 Å². The molecular weight excluding hydrogens is 300 g/mol. The highest BCUT2D eigenvalue weighted by molar-refractivity contribution is 5.36. The van der Waals surface area contributed by atoms with Crippen LogP contribution in [0.25, 0.3) is 0 Å². The van der Waals surface area contributed by atoms with Crippen molar-refractivity contribution in [2.75, 3.05) is 24.5 Å². The van der Waals surface area contributed by atoms with Crippen molar-refractivity contribution in [3.63, 3.8) is 0 Å². The van der Waals surface area contributed by atoms with Crippen molar-refractivity contribution >= 4 is 5.82 Å². The average Bonchev–Trinajstić information content (AvgIpc) is 2.57. The van der Waals surface area contributed by atoms with E-state index in [1.807, 2.05) is 0 Å². The number of hydrogen-bond acceptors (Lipinski definition) is 4. The average molecular weight is 330 g/mol. The summed E-state index contributed by atoms with van der Waals surface area (Å²) in [7, 11) is 1.78. The van der Waals surface area contributed by atoms with Gasteiger partial charge in [-0.3, -0.25) is 4.79 Å². The Hall–Kier alpha value is -1.62. The molecule has 1 saturated heterocycles. The molecule has 1 aliphatic carbocycles. The highest BCUT2D eigenvalue weighted by Gasteiger charge is 2.26. The third-order valence-electron chi connectivity index (χ3n) is 5.71. The van der Waals surface area contributed by atoms with Gasteiger partial charge in [-0.05, 0) is 44.4 Å². The molecule has 5 nitrogen and oxygen atoms in total.